The number of hydrogen-bond acceptors (Lipinski definition) is 2. The molecule has 0 aliphatic carbocycles. The molecule has 2 heteroatoms. The predicted octanol–water partition coefficient (Wildman–Crippen LogP) is 5.25. The van der Waals surface area contributed by atoms with Crippen molar-refractivity contribution in [3.8, 4) is 11.3 Å². The smallest absolute Gasteiger partial charge is 0.126 e. The Morgan fingerprint density at radius 2 is 1.38 bits per heavy atom. The highest BCUT2D eigenvalue weighted by molar-refractivity contribution is 5.92. The lowest BCUT2D eigenvalue weighted by atomic mass is 10.0. The molecule has 1 heterocycles. The molecule has 21 heavy (non-hydrogen) atoms. The summed E-state index contributed by atoms with van der Waals surface area (Å²) in [7, 11) is 0. The highest BCUT2D eigenvalue weighted by Crippen LogP contribution is 2.27. The second-order valence-corrected chi connectivity index (χ2v) is 5.01. The van der Waals surface area contributed by atoms with Gasteiger partial charge in [-0.25, -0.2) is 9.97 Å². The second-order valence-electron chi connectivity index (χ2n) is 5.01. The van der Waals surface area contributed by atoms with E-state index in [9.17, 15) is 0 Å². The fourth-order valence-corrected chi connectivity index (χ4v) is 2.52. The summed E-state index contributed by atoms with van der Waals surface area (Å²) in [6.07, 6.45) is 0. The van der Waals surface area contributed by atoms with Crippen LogP contribution < -0.4 is 0 Å². The molecule has 0 spiro atoms. The first kappa shape index (κ1) is 15.2. The van der Waals surface area contributed by atoms with Crippen LogP contribution in [0.3, 0.4) is 0 Å². The zero-order valence-electron chi connectivity index (χ0n) is 13.4. The van der Waals surface area contributed by atoms with Gasteiger partial charge in [-0.2, -0.15) is 0 Å². The molecule has 0 atom stereocenters. The van der Waals surface area contributed by atoms with Crippen molar-refractivity contribution in [1.82, 2.24) is 9.97 Å². The molecule has 1 aromatic heterocycles. The summed E-state index contributed by atoms with van der Waals surface area (Å²) in [4.78, 5) is 9.14. The first-order chi connectivity index (χ1) is 10.1. The van der Waals surface area contributed by atoms with Crippen molar-refractivity contribution < 1.29 is 0 Å². The van der Waals surface area contributed by atoms with Crippen molar-refractivity contribution in [2.75, 3.05) is 0 Å². The van der Waals surface area contributed by atoms with Gasteiger partial charge in [0, 0.05) is 10.9 Å². The van der Waals surface area contributed by atoms with Crippen LogP contribution in [0.2, 0.25) is 0 Å². The maximum Gasteiger partial charge on any atom is 0.126 e. The van der Waals surface area contributed by atoms with E-state index in [-0.39, 0.29) is 0 Å². The summed E-state index contributed by atoms with van der Waals surface area (Å²) in [5, 5.41) is 1.11. The summed E-state index contributed by atoms with van der Waals surface area (Å²) in [6, 6.07) is 14.7. The van der Waals surface area contributed by atoms with Crippen LogP contribution in [0.15, 0.2) is 42.5 Å². The van der Waals surface area contributed by atoms with Crippen LogP contribution in [-0.2, 0) is 0 Å². The molecule has 0 saturated carbocycles. The zero-order valence-corrected chi connectivity index (χ0v) is 13.4. The molecular weight excluding hydrogens is 256 g/mol. The fourth-order valence-electron chi connectivity index (χ4n) is 2.52. The molecule has 0 unspecified atom stereocenters. The van der Waals surface area contributed by atoms with Gasteiger partial charge in [-0.3, -0.25) is 0 Å². The van der Waals surface area contributed by atoms with Crippen molar-refractivity contribution in [2.24, 2.45) is 0 Å². The van der Waals surface area contributed by atoms with Crippen LogP contribution in [0.1, 0.15) is 30.8 Å². The van der Waals surface area contributed by atoms with Crippen molar-refractivity contribution in [1.29, 1.82) is 0 Å². The van der Waals surface area contributed by atoms with Gasteiger partial charge in [0.05, 0.1) is 11.2 Å². The summed E-state index contributed by atoms with van der Waals surface area (Å²) in [5.41, 5.74) is 5.71. The topological polar surface area (TPSA) is 25.8 Å². The third-order valence-corrected chi connectivity index (χ3v) is 3.21. The summed E-state index contributed by atoms with van der Waals surface area (Å²) < 4.78 is 0. The van der Waals surface area contributed by atoms with Crippen molar-refractivity contribution in [3.05, 3.63) is 59.4 Å². The Balaban J connectivity index is 0.000000774. The second kappa shape index (κ2) is 6.49. The average Bonchev–Trinajstić information content (AvgIpc) is 2.47. The van der Waals surface area contributed by atoms with Gasteiger partial charge >= 0.3 is 0 Å². The Morgan fingerprint density at radius 3 is 2.05 bits per heavy atom. The predicted molar refractivity (Wildman–Crippen MR) is 90.5 cm³/mol. The molecule has 3 aromatic rings. The molecule has 0 aliphatic heterocycles. The lowest BCUT2D eigenvalue weighted by molar-refractivity contribution is 1.09. The minimum atomic E-state index is 0.813. The van der Waals surface area contributed by atoms with E-state index in [4.69, 9.17) is 0 Å². The molecule has 0 saturated heterocycles. The van der Waals surface area contributed by atoms with Gasteiger partial charge < -0.3 is 0 Å². The molecule has 3 rings (SSSR count). The first-order valence-corrected chi connectivity index (χ1v) is 7.45. The standard InChI is InChI=1S/C17H16N2.C2H6/c1-11-8-12(2)10-14(9-11)17-15-6-4-5-7-16(15)18-13(3)19-17;1-2/h4-10H,1-3H3;1-2H3. The van der Waals surface area contributed by atoms with Gasteiger partial charge in [-0.1, -0.05) is 49.2 Å². The van der Waals surface area contributed by atoms with Crippen LogP contribution in [0.4, 0.5) is 0 Å². The third kappa shape index (κ3) is 3.27. The molecule has 0 aliphatic rings. The molecule has 2 nitrogen and oxygen atoms in total. The average molecular weight is 278 g/mol. The highest BCUT2D eigenvalue weighted by atomic mass is 14.9. The molecule has 0 amide bonds. The largest absolute Gasteiger partial charge is 0.233 e. The van der Waals surface area contributed by atoms with Gasteiger partial charge in [0.25, 0.3) is 0 Å². The Bertz CT molecular complexity index is 740. The molecule has 2 aromatic carbocycles. The van der Waals surface area contributed by atoms with Crippen LogP contribution in [0.25, 0.3) is 22.2 Å². The lowest BCUT2D eigenvalue weighted by Gasteiger charge is -2.09. The minimum Gasteiger partial charge on any atom is -0.233 e. The van der Waals surface area contributed by atoms with Gasteiger partial charge in [-0.05, 0) is 39.0 Å². The highest BCUT2D eigenvalue weighted by Gasteiger charge is 2.08. The lowest BCUT2D eigenvalue weighted by Crippen LogP contribution is -1.94. The Morgan fingerprint density at radius 1 is 0.762 bits per heavy atom. The first-order valence-electron chi connectivity index (χ1n) is 7.45. The van der Waals surface area contributed by atoms with Gasteiger partial charge in [0.15, 0.2) is 0 Å². The molecule has 0 radical (unpaired) electrons. The summed E-state index contributed by atoms with van der Waals surface area (Å²) >= 11 is 0. The SMILES string of the molecule is CC.Cc1cc(C)cc(-c2nc(C)nc3ccccc23)c1. The summed E-state index contributed by atoms with van der Waals surface area (Å²) in [5.74, 6) is 0.813. The van der Waals surface area contributed by atoms with E-state index in [0.29, 0.717) is 0 Å². The van der Waals surface area contributed by atoms with E-state index < -0.39 is 0 Å². The number of nitrogens with zero attached hydrogens (tertiary/aromatic N) is 2. The summed E-state index contributed by atoms with van der Waals surface area (Å²) in [6.45, 7) is 10.2. The van der Waals surface area contributed by atoms with Crippen LogP contribution >= 0.6 is 0 Å². The van der Waals surface area contributed by atoms with Crippen LogP contribution in [0, 0.1) is 20.8 Å². The fraction of sp³-hybridized carbons (Fsp3) is 0.263. The monoisotopic (exact) mass is 278 g/mol. The number of aryl methyl sites for hydroxylation is 3. The van der Waals surface area contributed by atoms with Crippen molar-refractivity contribution in [2.45, 2.75) is 34.6 Å². The Labute approximate surface area is 126 Å². The van der Waals surface area contributed by atoms with E-state index in [1.54, 1.807) is 0 Å². The maximum absolute atomic E-state index is 4.64. The molecule has 0 N–H and O–H groups in total. The van der Waals surface area contributed by atoms with Crippen molar-refractivity contribution >= 4 is 10.9 Å². The number of para-hydroxylation sites is 1. The molecule has 0 fully saturated rings. The molecule has 108 valence electrons. The Hall–Kier alpha value is -2.22. The van der Waals surface area contributed by atoms with Gasteiger partial charge in [0.2, 0.25) is 0 Å². The molecule has 0 bridgehead atoms. The number of hydrogen-bond donors (Lipinski definition) is 0. The molecular formula is C19H22N2. The van der Waals surface area contributed by atoms with Gasteiger partial charge in [-0.15, -0.1) is 0 Å². The van der Waals surface area contributed by atoms with Crippen molar-refractivity contribution in [3.63, 3.8) is 0 Å². The number of aromatic nitrogens is 2. The van der Waals surface area contributed by atoms with Gasteiger partial charge in [0.1, 0.15) is 5.82 Å². The van der Waals surface area contributed by atoms with E-state index in [2.05, 4.69) is 48.1 Å². The normalized spacial score (nSPS) is 10.1. The quantitative estimate of drug-likeness (QED) is 0.607. The van der Waals surface area contributed by atoms with Crippen LogP contribution in [0.5, 0.6) is 0 Å². The minimum absolute atomic E-state index is 0.813. The Kier molecular flexibility index (Phi) is 4.69. The third-order valence-electron chi connectivity index (χ3n) is 3.21. The van der Waals surface area contributed by atoms with E-state index >= 15 is 0 Å². The van der Waals surface area contributed by atoms with E-state index in [1.165, 1.54) is 16.7 Å². The number of rotatable bonds is 1. The van der Waals surface area contributed by atoms with Crippen LogP contribution in [-0.4, -0.2) is 9.97 Å². The zero-order chi connectivity index (χ0) is 15.4. The maximum atomic E-state index is 4.64. The van der Waals surface area contributed by atoms with E-state index in [1.807, 2.05) is 39.0 Å². The number of benzene rings is 2. The van der Waals surface area contributed by atoms with E-state index in [0.717, 1.165) is 22.4 Å². The number of fused-ring (bicyclic) bond motifs is 1.